The van der Waals surface area contributed by atoms with Crippen LogP contribution in [0.1, 0.15) is 36.6 Å². The van der Waals surface area contributed by atoms with Crippen LogP contribution in [-0.4, -0.2) is 33.8 Å². The number of fused-ring (bicyclic) bond motifs is 1. The van der Waals surface area contributed by atoms with Crippen molar-refractivity contribution >= 4 is 22.6 Å². The predicted molar refractivity (Wildman–Crippen MR) is 116 cm³/mol. The third-order valence-corrected chi connectivity index (χ3v) is 5.91. The van der Waals surface area contributed by atoms with Crippen LogP contribution in [0.5, 0.6) is 0 Å². The van der Waals surface area contributed by atoms with E-state index < -0.39 is 0 Å². The molecular formula is C23H29N5O. The van der Waals surface area contributed by atoms with Gasteiger partial charge in [-0.1, -0.05) is 31.2 Å². The summed E-state index contributed by atoms with van der Waals surface area (Å²) < 4.78 is 1.90. The van der Waals surface area contributed by atoms with E-state index in [2.05, 4.69) is 51.5 Å². The van der Waals surface area contributed by atoms with Gasteiger partial charge < -0.3 is 10.2 Å². The van der Waals surface area contributed by atoms with Crippen molar-refractivity contribution < 1.29 is 4.79 Å². The van der Waals surface area contributed by atoms with Gasteiger partial charge in [-0.25, -0.2) is 4.98 Å². The molecule has 1 aliphatic heterocycles. The average Bonchev–Trinajstić information content (AvgIpc) is 3.06. The van der Waals surface area contributed by atoms with Gasteiger partial charge in [0.25, 0.3) is 0 Å². The first-order valence-corrected chi connectivity index (χ1v) is 10.5. The average molecular weight is 392 g/mol. The largest absolute Gasteiger partial charge is 0.354 e. The monoisotopic (exact) mass is 391 g/mol. The molecule has 1 fully saturated rings. The van der Waals surface area contributed by atoms with Gasteiger partial charge in [0.05, 0.1) is 11.6 Å². The Balaban J connectivity index is 1.45. The lowest BCUT2D eigenvalue weighted by molar-refractivity contribution is -0.125. The van der Waals surface area contributed by atoms with Crippen LogP contribution in [0, 0.1) is 12.8 Å². The summed E-state index contributed by atoms with van der Waals surface area (Å²) in [4.78, 5) is 19.7. The standard InChI is InChI=1S/C23H29N5O/c1-4-17-7-9-18(10-8-17)14-25-23(29)19-6-5-13-28(15-19)22-21-20(11-12-24-22)16(2)26-27(21)3/h7-12,19H,4-6,13-15H2,1-3H3,(H,25,29)/t19-/m0/s1. The van der Waals surface area contributed by atoms with Crippen LogP contribution in [0.2, 0.25) is 0 Å². The van der Waals surface area contributed by atoms with Gasteiger partial charge in [-0.05, 0) is 43.4 Å². The summed E-state index contributed by atoms with van der Waals surface area (Å²) >= 11 is 0. The summed E-state index contributed by atoms with van der Waals surface area (Å²) in [7, 11) is 1.96. The summed E-state index contributed by atoms with van der Waals surface area (Å²) in [6, 6.07) is 10.5. The maximum Gasteiger partial charge on any atom is 0.225 e. The lowest BCUT2D eigenvalue weighted by Gasteiger charge is -2.33. The van der Waals surface area contributed by atoms with Crippen molar-refractivity contribution in [3.8, 4) is 0 Å². The lowest BCUT2D eigenvalue weighted by atomic mass is 9.96. The number of amides is 1. The number of rotatable bonds is 5. The molecule has 1 saturated heterocycles. The fourth-order valence-electron chi connectivity index (χ4n) is 4.22. The first-order valence-electron chi connectivity index (χ1n) is 10.5. The van der Waals surface area contributed by atoms with Gasteiger partial charge in [-0.15, -0.1) is 0 Å². The molecule has 0 aliphatic carbocycles. The molecule has 1 N–H and O–H groups in total. The van der Waals surface area contributed by atoms with Crippen molar-refractivity contribution in [2.45, 2.75) is 39.7 Å². The minimum atomic E-state index is -0.0231. The Morgan fingerprint density at radius 3 is 2.72 bits per heavy atom. The minimum Gasteiger partial charge on any atom is -0.354 e. The number of pyridine rings is 1. The maximum absolute atomic E-state index is 12.8. The molecule has 0 saturated carbocycles. The van der Waals surface area contributed by atoms with Gasteiger partial charge in [0.1, 0.15) is 5.52 Å². The Morgan fingerprint density at radius 1 is 1.21 bits per heavy atom. The number of carbonyl (C=O) groups is 1. The van der Waals surface area contributed by atoms with Gasteiger partial charge in [0.15, 0.2) is 5.82 Å². The fraction of sp³-hybridized carbons (Fsp3) is 0.435. The third-order valence-electron chi connectivity index (χ3n) is 5.91. The van der Waals surface area contributed by atoms with Crippen LogP contribution in [0.25, 0.3) is 10.9 Å². The van der Waals surface area contributed by atoms with Gasteiger partial charge in [-0.3, -0.25) is 9.48 Å². The molecule has 6 nitrogen and oxygen atoms in total. The zero-order valence-electron chi connectivity index (χ0n) is 17.5. The highest BCUT2D eigenvalue weighted by Crippen LogP contribution is 2.29. The molecule has 0 bridgehead atoms. The Bertz CT molecular complexity index is 1010. The molecule has 29 heavy (non-hydrogen) atoms. The molecule has 1 atom stereocenters. The van der Waals surface area contributed by atoms with Crippen LogP contribution >= 0.6 is 0 Å². The number of hydrogen-bond donors (Lipinski definition) is 1. The molecular weight excluding hydrogens is 362 g/mol. The van der Waals surface area contributed by atoms with Crippen molar-refractivity contribution in [2.24, 2.45) is 13.0 Å². The van der Waals surface area contributed by atoms with E-state index >= 15 is 0 Å². The molecule has 4 rings (SSSR count). The van der Waals surface area contributed by atoms with Gasteiger partial charge >= 0.3 is 0 Å². The van der Waals surface area contributed by atoms with Crippen molar-refractivity contribution in [1.29, 1.82) is 0 Å². The summed E-state index contributed by atoms with van der Waals surface area (Å²) in [6.45, 7) is 6.35. The number of anilines is 1. The van der Waals surface area contributed by atoms with E-state index in [9.17, 15) is 4.79 Å². The molecule has 0 unspecified atom stereocenters. The topological polar surface area (TPSA) is 63.1 Å². The van der Waals surface area contributed by atoms with E-state index in [1.807, 2.05) is 30.9 Å². The van der Waals surface area contributed by atoms with Crippen LogP contribution in [0.4, 0.5) is 5.82 Å². The van der Waals surface area contributed by atoms with Crippen molar-refractivity contribution in [3.05, 3.63) is 53.3 Å². The van der Waals surface area contributed by atoms with Gasteiger partial charge in [-0.2, -0.15) is 5.10 Å². The van der Waals surface area contributed by atoms with Crippen LogP contribution in [0.3, 0.4) is 0 Å². The van der Waals surface area contributed by atoms with Crippen LogP contribution in [-0.2, 0) is 24.8 Å². The zero-order valence-corrected chi connectivity index (χ0v) is 17.5. The molecule has 152 valence electrons. The summed E-state index contributed by atoms with van der Waals surface area (Å²) in [5, 5.41) is 8.80. The first kappa shape index (κ1) is 19.4. The number of carbonyl (C=O) groups excluding carboxylic acids is 1. The van der Waals surface area contributed by atoms with Crippen LogP contribution in [0.15, 0.2) is 36.5 Å². The van der Waals surface area contributed by atoms with E-state index in [4.69, 9.17) is 0 Å². The second-order valence-electron chi connectivity index (χ2n) is 7.91. The molecule has 3 aromatic rings. The normalized spacial score (nSPS) is 16.9. The Kier molecular flexibility index (Phi) is 5.51. The Labute approximate surface area is 171 Å². The molecule has 3 heterocycles. The number of nitrogens with one attached hydrogen (secondary N) is 1. The highest BCUT2D eigenvalue weighted by atomic mass is 16.1. The van der Waals surface area contributed by atoms with Crippen LogP contribution < -0.4 is 10.2 Å². The lowest BCUT2D eigenvalue weighted by Crippen LogP contribution is -2.43. The smallest absolute Gasteiger partial charge is 0.225 e. The van der Waals surface area contributed by atoms with E-state index in [0.29, 0.717) is 13.1 Å². The summed E-state index contributed by atoms with van der Waals surface area (Å²) in [5.74, 6) is 1.03. The van der Waals surface area contributed by atoms with E-state index in [1.165, 1.54) is 5.56 Å². The highest BCUT2D eigenvalue weighted by molar-refractivity contribution is 5.91. The summed E-state index contributed by atoms with van der Waals surface area (Å²) in [5.41, 5.74) is 4.50. The molecule has 0 radical (unpaired) electrons. The molecule has 1 amide bonds. The maximum atomic E-state index is 12.8. The number of aromatic nitrogens is 3. The second-order valence-corrected chi connectivity index (χ2v) is 7.91. The molecule has 1 aromatic carbocycles. The van der Waals surface area contributed by atoms with E-state index in [0.717, 1.165) is 53.8 Å². The SMILES string of the molecule is CCc1ccc(CNC(=O)[C@H]2CCCN(c3nccc4c(C)nn(C)c34)C2)cc1. The minimum absolute atomic E-state index is 0.0231. The van der Waals surface area contributed by atoms with Gasteiger partial charge in [0, 0.05) is 38.3 Å². The van der Waals surface area contributed by atoms with Crippen molar-refractivity contribution in [3.63, 3.8) is 0 Å². The van der Waals surface area contributed by atoms with Crippen molar-refractivity contribution in [1.82, 2.24) is 20.1 Å². The van der Waals surface area contributed by atoms with E-state index in [-0.39, 0.29) is 11.8 Å². The third kappa shape index (κ3) is 3.97. The number of benzene rings is 1. The Morgan fingerprint density at radius 2 is 1.97 bits per heavy atom. The number of piperidine rings is 1. The molecule has 6 heteroatoms. The molecule has 2 aromatic heterocycles. The predicted octanol–water partition coefficient (Wildman–Crippen LogP) is 3.37. The second kappa shape index (κ2) is 8.23. The van der Waals surface area contributed by atoms with Gasteiger partial charge in [0.2, 0.25) is 5.91 Å². The fourth-order valence-corrected chi connectivity index (χ4v) is 4.22. The number of aryl methyl sites for hydroxylation is 3. The number of hydrogen-bond acceptors (Lipinski definition) is 4. The molecule has 0 spiro atoms. The van der Waals surface area contributed by atoms with E-state index in [1.54, 1.807) is 0 Å². The summed E-state index contributed by atoms with van der Waals surface area (Å²) in [6.07, 6.45) is 4.77. The zero-order chi connectivity index (χ0) is 20.4. The quantitative estimate of drug-likeness (QED) is 0.724. The Hall–Kier alpha value is -2.89. The molecule has 1 aliphatic rings. The van der Waals surface area contributed by atoms with Crippen molar-refractivity contribution in [2.75, 3.05) is 18.0 Å². The highest BCUT2D eigenvalue weighted by Gasteiger charge is 2.28. The number of nitrogens with zero attached hydrogens (tertiary/aromatic N) is 4. The first-order chi connectivity index (χ1) is 14.1.